The van der Waals surface area contributed by atoms with Gasteiger partial charge in [-0.05, 0) is 128 Å². The van der Waals surface area contributed by atoms with Gasteiger partial charge in [0.05, 0.1) is 0 Å². The van der Waals surface area contributed by atoms with Crippen molar-refractivity contribution >= 4 is 11.4 Å². The maximum atomic E-state index is 12.6. The van der Waals surface area contributed by atoms with Gasteiger partial charge in [0.15, 0.2) is 0 Å². The maximum Gasteiger partial charge on any atom is 2.00 e. The van der Waals surface area contributed by atoms with E-state index >= 15 is 0 Å². The van der Waals surface area contributed by atoms with Crippen LogP contribution in [0.5, 0.6) is 0 Å². The molecule has 0 saturated carbocycles. The molecule has 0 spiro atoms. The Labute approximate surface area is 500 Å². The van der Waals surface area contributed by atoms with Crippen LogP contribution in [0.3, 0.4) is 0 Å². The van der Waals surface area contributed by atoms with E-state index in [1.54, 1.807) is 27.0 Å². The third-order valence-electron chi connectivity index (χ3n) is 16.2. The van der Waals surface area contributed by atoms with Crippen molar-refractivity contribution in [3.63, 3.8) is 0 Å². The summed E-state index contributed by atoms with van der Waals surface area (Å²) in [5.74, 6) is 0. The van der Waals surface area contributed by atoms with Crippen LogP contribution in [0.1, 0.15) is 376 Å². The van der Waals surface area contributed by atoms with E-state index in [0.29, 0.717) is 0 Å². The first-order chi connectivity index (χ1) is 37.8. The van der Waals surface area contributed by atoms with E-state index in [4.69, 9.17) is 0 Å². The Balaban J connectivity index is 0.00000807. The molecule has 0 atom stereocenters. The zero-order valence-electron chi connectivity index (χ0n) is 54.0. The maximum absolute atomic E-state index is 12.6. The van der Waals surface area contributed by atoms with Crippen LogP contribution in [0.4, 0.5) is 0 Å². The summed E-state index contributed by atoms with van der Waals surface area (Å²) in [7, 11) is 0. The van der Waals surface area contributed by atoms with Crippen molar-refractivity contribution in [2.75, 3.05) is 0 Å². The van der Waals surface area contributed by atoms with Crippen LogP contribution in [0.25, 0.3) is 16.9 Å². The molecular weight excluding hydrogens is 988 g/mol. The van der Waals surface area contributed by atoms with E-state index < -0.39 is 0 Å². The fourth-order valence-electron chi connectivity index (χ4n) is 11.9. The van der Waals surface area contributed by atoms with Crippen molar-refractivity contribution in [2.24, 2.45) is 0 Å². The molecule has 3 heteroatoms. The molecule has 0 aliphatic carbocycles. The molecule has 0 bridgehead atoms. The minimum Gasteiger partial charge on any atom is -0.493 e. The van der Waals surface area contributed by atoms with Gasteiger partial charge in [0.2, 0.25) is 11.4 Å². The normalized spacial score (nSPS) is 12.1. The molecule has 0 aromatic heterocycles. The fourth-order valence-corrected chi connectivity index (χ4v) is 11.9. The van der Waals surface area contributed by atoms with E-state index in [0.717, 1.165) is 75.6 Å². The largest absolute Gasteiger partial charge is 2.00 e. The molecule has 1 aliphatic rings. The number of hydrogen-bond acceptors (Lipinski definition) is 0. The van der Waals surface area contributed by atoms with Crippen molar-refractivity contribution in [3.8, 4) is 0 Å². The topological polar surface area (TPSA) is 25.3 Å². The molecule has 0 radical (unpaired) electrons. The number of hydrogen-bond donors (Lipinski definition) is 0. The van der Waals surface area contributed by atoms with Gasteiger partial charge in [0.1, 0.15) is 0 Å². The SMILES string of the molecule is CCCCCCCCCCCCCCCCCCCCCCCCCCCCCC1=C(c2cc(CCCCC)c(CCCCC)c(CCCCC)c2)[N+](=[N-])C(c2cc(CCC)c(CCC)c(CCC)c2)=C1.[CH2-]CC.[CH2-]CC.[Ni+2]. The summed E-state index contributed by atoms with van der Waals surface area (Å²) in [6.45, 7) is 27.3. The Morgan fingerprint density at radius 2 is 0.564 bits per heavy atom. The van der Waals surface area contributed by atoms with Crippen LogP contribution in [0, 0.1) is 13.8 Å². The van der Waals surface area contributed by atoms with Gasteiger partial charge in [-0.15, -0.1) is 0 Å². The Kier molecular flexibility index (Phi) is 52.9. The van der Waals surface area contributed by atoms with E-state index in [1.807, 2.05) is 13.8 Å². The standard InChI is InChI=1S/C69H118N2.2C3H7.Ni/c1-8-15-19-20-21-22-23-24-25-26-27-28-29-30-31-32-33-34-35-36-37-38-39-40-41-42-46-52-63-58-68(64-54-59(47-12-5)66(49-14-7)60(55-64)48-13-6)71(70)69(63)65-56-61(50-43-16-9-2)67(53-45-18-11-4)62(57-65)51-44-17-10-3;2*1-3-2;/h54-58H,8-53H2,1-7H3;2*1,3H2,2H3;/q;2*-1;+2. The second kappa shape index (κ2) is 54.3. The number of unbranched alkanes of at least 4 members (excludes halogenated alkanes) is 32. The zero-order chi connectivity index (χ0) is 56.4. The predicted octanol–water partition coefficient (Wildman–Crippen LogP) is 25.9. The summed E-state index contributed by atoms with van der Waals surface area (Å²) in [6, 6.07) is 9.97. The number of rotatable bonds is 48. The first-order valence-electron chi connectivity index (χ1n) is 34.6. The Bertz CT molecular complexity index is 1700. The summed E-state index contributed by atoms with van der Waals surface area (Å²) in [6.07, 6.45) is 65.7. The number of nitrogens with zero attached hydrogens (tertiary/aromatic N) is 2. The third-order valence-corrected chi connectivity index (χ3v) is 16.2. The summed E-state index contributed by atoms with van der Waals surface area (Å²) >= 11 is 0. The molecule has 2 aromatic carbocycles. The molecule has 0 unspecified atom stereocenters. The average molecular weight is 1120 g/mol. The van der Waals surface area contributed by atoms with Crippen LogP contribution in [0.15, 0.2) is 35.9 Å². The van der Waals surface area contributed by atoms with Crippen molar-refractivity contribution in [1.82, 2.24) is 0 Å². The van der Waals surface area contributed by atoms with E-state index in [2.05, 4.69) is 92.7 Å². The molecule has 0 amide bonds. The van der Waals surface area contributed by atoms with Crippen LogP contribution in [-0.2, 0) is 55.0 Å². The van der Waals surface area contributed by atoms with E-state index in [9.17, 15) is 5.53 Å². The fraction of sp³-hybridized carbons (Fsp3) is 0.760. The quantitative estimate of drug-likeness (QED) is 0.0273. The van der Waals surface area contributed by atoms with Gasteiger partial charge in [-0.2, -0.15) is 12.8 Å². The van der Waals surface area contributed by atoms with Gasteiger partial charge >= 0.3 is 16.5 Å². The van der Waals surface area contributed by atoms with Crippen LogP contribution >= 0.6 is 0 Å². The second-order valence-corrected chi connectivity index (χ2v) is 23.8. The molecular formula is C75H132N2Ni. The molecule has 0 fully saturated rings. The summed E-state index contributed by atoms with van der Waals surface area (Å²) in [5.41, 5.74) is 27.8. The van der Waals surface area contributed by atoms with Gasteiger partial charge in [0, 0.05) is 22.8 Å². The molecule has 0 saturated heterocycles. The number of aryl methyl sites for hydroxylation is 4. The van der Waals surface area contributed by atoms with Gasteiger partial charge in [-0.3, -0.25) is 0 Å². The predicted molar refractivity (Wildman–Crippen MR) is 349 cm³/mol. The molecule has 3 rings (SSSR count). The van der Waals surface area contributed by atoms with Crippen LogP contribution < -0.4 is 0 Å². The van der Waals surface area contributed by atoms with Gasteiger partial charge in [-0.25, -0.2) is 4.70 Å². The first kappa shape index (κ1) is 76.0. The second-order valence-electron chi connectivity index (χ2n) is 23.8. The number of allylic oxidation sites excluding steroid dienone is 2. The van der Waals surface area contributed by atoms with E-state index in [1.165, 1.54) is 272 Å². The third kappa shape index (κ3) is 34.5. The minimum atomic E-state index is 0. The summed E-state index contributed by atoms with van der Waals surface area (Å²) < 4.78 is 1.65. The minimum absolute atomic E-state index is 0. The summed E-state index contributed by atoms with van der Waals surface area (Å²) in [5, 5.41) is 0. The first-order valence-corrected chi connectivity index (χ1v) is 34.6. The van der Waals surface area contributed by atoms with Crippen molar-refractivity contribution in [1.29, 1.82) is 0 Å². The van der Waals surface area contributed by atoms with Crippen LogP contribution in [-0.4, -0.2) is 4.70 Å². The molecule has 452 valence electrons. The molecule has 78 heavy (non-hydrogen) atoms. The smallest absolute Gasteiger partial charge is 0.493 e. The molecule has 2 nitrogen and oxygen atoms in total. The number of benzene rings is 2. The van der Waals surface area contributed by atoms with E-state index in [-0.39, 0.29) is 16.5 Å². The molecule has 1 heterocycles. The van der Waals surface area contributed by atoms with Crippen molar-refractivity contribution < 1.29 is 21.2 Å². The molecule has 0 N–H and O–H groups in total. The van der Waals surface area contributed by atoms with Crippen molar-refractivity contribution in [3.05, 3.63) is 99.8 Å². The van der Waals surface area contributed by atoms with Crippen molar-refractivity contribution in [2.45, 2.75) is 371 Å². The zero-order valence-corrected chi connectivity index (χ0v) is 54.9. The molecule has 2 aromatic rings. The monoisotopic (exact) mass is 1120 g/mol. The average Bonchev–Trinajstić information content (AvgIpc) is 3.83. The van der Waals surface area contributed by atoms with Gasteiger partial charge < -0.3 is 19.4 Å². The summed E-state index contributed by atoms with van der Waals surface area (Å²) in [4.78, 5) is 0. The van der Waals surface area contributed by atoms with Gasteiger partial charge in [-0.1, -0.05) is 287 Å². The van der Waals surface area contributed by atoms with Gasteiger partial charge in [0.25, 0.3) is 0 Å². The van der Waals surface area contributed by atoms with Crippen LogP contribution in [0.2, 0.25) is 0 Å². The Morgan fingerprint density at radius 3 is 0.897 bits per heavy atom. The Morgan fingerprint density at radius 1 is 0.308 bits per heavy atom. The molecule has 1 aliphatic heterocycles. The Hall–Kier alpha value is -1.99.